The molecule has 0 saturated heterocycles. The summed E-state index contributed by atoms with van der Waals surface area (Å²) in [6.45, 7) is 4.27. The van der Waals surface area contributed by atoms with Crippen LogP contribution in [0.5, 0.6) is 0 Å². The van der Waals surface area contributed by atoms with E-state index in [1.165, 1.54) is 0 Å². The smallest absolute Gasteiger partial charge is 0.0623 e. The maximum absolute atomic E-state index is 9.44. The predicted molar refractivity (Wildman–Crippen MR) is 71.6 cm³/mol. The van der Waals surface area contributed by atoms with Crippen molar-refractivity contribution in [2.75, 3.05) is 13.7 Å². The number of aliphatic hydroxyl groups excluding tert-OH is 1. The largest absolute Gasteiger partial charge is 0.396 e. The van der Waals surface area contributed by atoms with E-state index in [1.807, 2.05) is 24.3 Å². The molecule has 0 aliphatic rings. The van der Waals surface area contributed by atoms with Gasteiger partial charge in [0.05, 0.1) is 5.60 Å². The molecule has 3 heteroatoms. The van der Waals surface area contributed by atoms with Gasteiger partial charge in [-0.3, -0.25) is 0 Å². The first-order valence-corrected chi connectivity index (χ1v) is 6.28. The van der Waals surface area contributed by atoms with Crippen molar-refractivity contribution >= 4 is 11.6 Å². The molecule has 0 radical (unpaired) electrons. The molecule has 1 atom stereocenters. The van der Waals surface area contributed by atoms with Gasteiger partial charge in [-0.25, -0.2) is 0 Å². The summed E-state index contributed by atoms with van der Waals surface area (Å²) < 4.78 is 5.38. The fourth-order valence-corrected chi connectivity index (χ4v) is 1.85. The van der Waals surface area contributed by atoms with Gasteiger partial charge in [-0.1, -0.05) is 23.7 Å². The first-order valence-electron chi connectivity index (χ1n) is 5.90. The van der Waals surface area contributed by atoms with Gasteiger partial charge >= 0.3 is 0 Å². The zero-order valence-corrected chi connectivity index (χ0v) is 11.5. The van der Waals surface area contributed by atoms with Crippen LogP contribution in [0.3, 0.4) is 0 Å². The molecule has 0 amide bonds. The van der Waals surface area contributed by atoms with Gasteiger partial charge in [0.1, 0.15) is 0 Å². The molecular weight excluding hydrogens is 236 g/mol. The second-order valence-corrected chi connectivity index (χ2v) is 5.37. The summed E-state index contributed by atoms with van der Waals surface area (Å²) in [5.41, 5.74) is 0.989. The standard InChI is InChI=1S/C14H21ClO2/c1-14(2,17-3)9-8-12(10-16)11-4-6-13(15)7-5-11/h4-7,12,16H,8-10H2,1-3H3. The van der Waals surface area contributed by atoms with E-state index in [4.69, 9.17) is 16.3 Å². The average Bonchev–Trinajstić information content (AvgIpc) is 2.32. The second-order valence-electron chi connectivity index (χ2n) is 4.93. The Balaban J connectivity index is 2.63. The van der Waals surface area contributed by atoms with Crippen LogP contribution in [0, 0.1) is 0 Å². The van der Waals surface area contributed by atoms with Crippen LogP contribution >= 0.6 is 11.6 Å². The molecule has 1 N–H and O–H groups in total. The van der Waals surface area contributed by atoms with Gasteiger partial charge in [-0.05, 0) is 44.4 Å². The van der Waals surface area contributed by atoms with Gasteiger partial charge in [0.25, 0.3) is 0 Å². The lowest BCUT2D eigenvalue weighted by atomic mass is 9.90. The van der Waals surface area contributed by atoms with Gasteiger partial charge in [0.15, 0.2) is 0 Å². The molecule has 0 spiro atoms. The highest BCUT2D eigenvalue weighted by Crippen LogP contribution is 2.26. The molecule has 0 fully saturated rings. The van der Waals surface area contributed by atoms with Gasteiger partial charge in [-0.15, -0.1) is 0 Å². The summed E-state index contributed by atoms with van der Waals surface area (Å²) in [5, 5.41) is 10.2. The molecule has 96 valence electrons. The number of rotatable bonds is 6. The normalized spacial score (nSPS) is 13.7. The Morgan fingerprint density at radius 1 is 1.29 bits per heavy atom. The van der Waals surface area contributed by atoms with Crippen molar-refractivity contribution in [3.05, 3.63) is 34.9 Å². The fraction of sp³-hybridized carbons (Fsp3) is 0.571. The van der Waals surface area contributed by atoms with Crippen molar-refractivity contribution in [3.8, 4) is 0 Å². The van der Waals surface area contributed by atoms with E-state index in [2.05, 4.69) is 13.8 Å². The zero-order chi connectivity index (χ0) is 12.9. The van der Waals surface area contributed by atoms with Crippen molar-refractivity contribution in [2.24, 2.45) is 0 Å². The number of benzene rings is 1. The summed E-state index contributed by atoms with van der Waals surface area (Å²) in [6, 6.07) is 7.67. The van der Waals surface area contributed by atoms with Gasteiger partial charge < -0.3 is 9.84 Å². The van der Waals surface area contributed by atoms with Crippen molar-refractivity contribution < 1.29 is 9.84 Å². The summed E-state index contributed by atoms with van der Waals surface area (Å²) >= 11 is 5.85. The van der Waals surface area contributed by atoms with Crippen molar-refractivity contribution in [3.63, 3.8) is 0 Å². The predicted octanol–water partition coefficient (Wildman–Crippen LogP) is 3.62. The number of methoxy groups -OCH3 is 1. The molecular formula is C14H21ClO2. The van der Waals surface area contributed by atoms with Gasteiger partial charge in [0, 0.05) is 24.7 Å². The van der Waals surface area contributed by atoms with E-state index in [0.29, 0.717) is 0 Å². The van der Waals surface area contributed by atoms with E-state index in [9.17, 15) is 5.11 Å². The van der Waals surface area contributed by atoms with Crippen LogP contribution in [0.15, 0.2) is 24.3 Å². The highest BCUT2D eigenvalue weighted by molar-refractivity contribution is 6.30. The quantitative estimate of drug-likeness (QED) is 0.842. The van der Waals surface area contributed by atoms with E-state index in [0.717, 1.165) is 23.4 Å². The van der Waals surface area contributed by atoms with Crippen LogP contribution in [0.1, 0.15) is 38.2 Å². The molecule has 1 aromatic carbocycles. The summed E-state index contributed by atoms with van der Waals surface area (Å²) in [6.07, 6.45) is 1.82. The molecule has 2 nitrogen and oxygen atoms in total. The van der Waals surface area contributed by atoms with Crippen LogP contribution < -0.4 is 0 Å². The lowest BCUT2D eigenvalue weighted by Crippen LogP contribution is -2.23. The van der Waals surface area contributed by atoms with Crippen LogP contribution in [0.4, 0.5) is 0 Å². The minimum absolute atomic E-state index is 0.139. The Bertz CT molecular complexity index is 333. The van der Waals surface area contributed by atoms with Crippen LogP contribution in [-0.4, -0.2) is 24.4 Å². The Morgan fingerprint density at radius 2 is 1.88 bits per heavy atom. The molecule has 0 heterocycles. The van der Waals surface area contributed by atoms with Crippen molar-refractivity contribution in [1.82, 2.24) is 0 Å². The first-order chi connectivity index (χ1) is 7.98. The molecule has 17 heavy (non-hydrogen) atoms. The summed E-state index contributed by atoms with van der Waals surface area (Å²) in [5.74, 6) is 0.154. The average molecular weight is 257 g/mol. The molecule has 0 saturated carbocycles. The molecule has 1 unspecified atom stereocenters. The number of ether oxygens (including phenoxy) is 1. The van der Waals surface area contributed by atoms with E-state index in [1.54, 1.807) is 7.11 Å². The summed E-state index contributed by atoms with van der Waals surface area (Å²) in [4.78, 5) is 0. The maximum Gasteiger partial charge on any atom is 0.0623 e. The van der Waals surface area contributed by atoms with Gasteiger partial charge in [0.2, 0.25) is 0 Å². The van der Waals surface area contributed by atoms with Crippen molar-refractivity contribution in [1.29, 1.82) is 0 Å². The molecule has 0 bridgehead atoms. The topological polar surface area (TPSA) is 29.5 Å². The number of halogens is 1. The number of hydrogen-bond donors (Lipinski definition) is 1. The molecule has 0 aliphatic carbocycles. The Labute approximate surface area is 109 Å². The van der Waals surface area contributed by atoms with E-state index < -0.39 is 0 Å². The Morgan fingerprint density at radius 3 is 2.35 bits per heavy atom. The first kappa shape index (κ1) is 14.5. The monoisotopic (exact) mass is 256 g/mol. The number of hydrogen-bond acceptors (Lipinski definition) is 2. The zero-order valence-electron chi connectivity index (χ0n) is 10.7. The van der Waals surface area contributed by atoms with Gasteiger partial charge in [-0.2, -0.15) is 0 Å². The second kappa shape index (κ2) is 6.39. The third-order valence-electron chi connectivity index (χ3n) is 3.21. The highest BCUT2D eigenvalue weighted by Gasteiger charge is 2.19. The lowest BCUT2D eigenvalue weighted by Gasteiger charge is -2.25. The Hall–Kier alpha value is -0.570. The lowest BCUT2D eigenvalue weighted by molar-refractivity contribution is 0.0111. The fourth-order valence-electron chi connectivity index (χ4n) is 1.72. The summed E-state index contributed by atoms with van der Waals surface area (Å²) in [7, 11) is 1.72. The van der Waals surface area contributed by atoms with Crippen molar-refractivity contribution in [2.45, 2.75) is 38.2 Å². The minimum atomic E-state index is -0.139. The molecule has 0 aliphatic heterocycles. The SMILES string of the molecule is COC(C)(C)CCC(CO)c1ccc(Cl)cc1. The molecule has 0 aromatic heterocycles. The highest BCUT2D eigenvalue weighted by atomic mass is 35.5. The van der Waals surface area contributed by atoms with Crippen LogP contribution in [0.25, 0.3) is 0 Å². The van der Waals surface area contributed by atoms with Crippen LogP contribution in [0.2, 0.25) is 5.02 Å². The third kappa shape index (κ3) is 4.66. The van der Waals surface area contributed by atoms with Crippen LogP contribution in [-0.2, 0) is 4.74 Å². The van der Waals surface area contributed by atoms with E-state index in [-0.39, 0.29) is 18.1 Å². The minimum Gasteiger partial charge on any atom is -0.396 e. The maximum atomic E-state index is 9.44. The van der Waals surface area contributed by atoms with E-state index >= 15 is 0 Å². The molecule has 1 rings (SSSR count). The third-order valence-corrected chi connectivity index (χ3v) is 3.46. The molecule has 1 aromatic rings. The Kier molecular flexibility index (Phi) is 5.44. The number of aliphatic hydroxyl groups is 1.